The number of ether oxygens (including phenoxy) is 3. The van der Waals surface area contributed by atoms with Crippen LogP contribution in [0.15, 0.2) is 73.6 Å². The van der Waals surface area contributed by atoms with Crippen LogP contribution in [-0.2, 0) is 14.2 Å². The lowest BCUT2D eigenvalue weighted by molar-refractivity contribution is -0.0587. The lowest BCUT2D eigenvalue weighted by Gasteiger charge is -2.30. The van der Waals surface area contributed by atoms with Gasteiger partial charge in [-0.25, -0.2) is 14.4 Å². The van der Waals surface area contributed by atoms with Crippen molar-refractivity contribution in [2.45, 2.75) is 0 Å². The van der Waals surface area contributed by atoms with E-state index in [-0.39, 0.29) is 16.7 Å². The molecule has 0 bridgehead atoms. The van der Waals surface area contributed by atoms with Crippen molar-refractivity contribution in [1.29, 1.82) is 0 Å². The summed E-state index contributed by atoms with van der Waals surface area (Å²) in [6, 6.07) is 9.26. The average molecular weight is 451 g/mol. The Morgan fingerprint density at radius 3 is 1.24 bits per heavy atom. The Kier molecular flexibility index (Phi) is 8.14. The summed E-state index contributed by atoms with van der Waals surface area (Å²) in [5.41, 5.74) is -0.815. The molecule has 3 rings (SSSR count). The quantitative estimate of drug-likeness (QED) is 0.358. The SMILES string of the molecule is O=C(OCC(CO)(COC(=O)c1cccnc1)COC(=O)c1cccnc1)c1cccnc1. The van der Waals surface area contributed by atoms with Crippen LogP contribution in [-0.4, -0.2) is 64.4 Å². The zero-order chi connectivity index (χ0) is 23.5. The number of hydrogen-bond acceptors (Lipinski definition) is 10. The topological polar surface area (TPSA) is 138 Å². The fourth-order valence-corrected chi connectivity index (χ4v) is 2.62. The molecule has 0 aromatic carbocycles. The third-order valence-corrected chi connectivity index (χ3v) is 4.56. The van der Waals surface area contributed by atoms with E-state index in [9.17, 15) is 19.5 Å². The number of esters is 3. The van der Waals surface area contributed by atoms with E-state index >= 15 is 0 Å². The number of aliphatic hydroxyl groups excluding tert-OH is 1. The van der Waals surface area contributed by atoms with E-state index in [2.05, 4.69) is 15.0 Å². The first-order valence-electron chi connectivity index (χ1n) is 9.85. The summed E-state index contributed by atoms with van der Waals surface area (Å²) < 4.78 is 15.9. The molecule has 0 spiro atoms. The maximum Gasteiger partial charge on any atom is 0.339 e. The zero-order valence-electron chi connectivity index (χ0n) is 17.5. The smallest absolute Gasteiger partial charge is 0.339 e. The van der Waals surface area contributed by atoms with Crippen LogP contribution in [0, 0.1) is 5.41 Å². The Morgan fingerprint density at radius 1 is 0.667 bits per heavy atom. The van der Waals surface area contributed by atoms with Gasteiger partial charge in [0.1, 0.15) is 19.8 Å². The first kappa shape index (κ1) is 23.5. The molecule has 0 saturated heterocycles. The Balaban J connectivity index is 1.71. The van der Waals surface area contributed by atoms with Crippen molar-refractivity contribution < 1.29 is 33.7 Å². The van der Waals surface area contributed by atoms with Gasteiger partial charge >= 0.3 is 17.9 Å². The number of rotatable bonds is 10. The molecule has 3 aromatic rings. The second-order valence-corrected chi connectivity index (χ2v) is 7.11. The summed E-state index contributed by atoms with van der Waals surface area (Å²) in [5, 5.41) is 10.1. The Morgan fingerprint density at radius 2 is 1.00 bits per heavy atom. The van der Waals surface area contributed by atoms with Gasteiger partial charge in [0.15, 0.2) is 0 Å². The van der Waals surface area contributed by atoms with Crippen LogP contribution >= 0.6 is 0 Å². The van der Waals surface area contributed by atoms with Gasteiger partial charge < -0.3 is 19.3 Å². The first-order chi connectivity index (χ1) is 16.0. The van der Waals surface area contributed by atoms with E-state index in [0.29, 0.717) is 0 Å². The van der Waals surface area contributed by atoms with E-state index in [1.807, 2.05) is 0 Å². The van der Waals surface area contributed by atoms with Gasteiger partial charge in [-0.2, -0.15) is 0 Å². The van der Waals surface area contributed by atoms with Crippen molar-refractivity contribution in [3.63, 3.8) is 0 Å². The van der Waals surface area contributed by atoms with Crippen LogP contribution in [0.2, 0.25) is 0 Å². The van der Waals surface area contributed by atoms with Gasteiger partial charge in [0.25, 0.3) is 0 Å². The van der Waals surface area contributed by atoms with Crippen molar-refractivity contribution in [2.24, 2.45) is 5.41 Å². The number of hydrogen-bond donors (Lipinski definition) is 1. The monoisotopic (exact) mass is 451 g/mol. The van der Waals surface area contributed by atoms with E-state index in [0.717, 1.165) is 0 Å². The number of aromatic nitrogens is 3. The summed E-state index contributed by atoms with van der Waals surface area (Å²) in [6.07, 6.45) is 8.50. The predicted octanol–water partition coefficient (Wildman–Crippen LogP) is 1.72. The summed E-state index contributed by atoms with van der Waals surface area (Å²) in [7, 11) is 0. The first-order valence-corrected chi connectivity index (χ1v) is 9.85. The molecule has 3 aromatic heterocycles. The van der Waals surface area contributed by atoms with Crippen LogP contribution in [0.1, 0.15) is 31.1 Å². The van der Waals surface area contributed by atoms with Crippen LogP contribution in [0.25, 0.3) is 0 Å². The second-order valence-electron chi connectivity index (χ2n) is 7.11. The van der Waals surface area contributed by atoms with Gasteiger partial charge in [-0.15, -0.1) is 0 Å². The second kappa shape index (κ2) is 11.4. The third-order valence-electron chi connectivity index (χ3n) is 4.56. The molecule has 0 fully saturated rings. The molecular weight excluding hydrogens is 430 g/mol. The lowest BCUT2D eigenvalue weighted by Crippen LogP contribution is -2.42. The maximum absolute atomic E-state index is 12.4. The minimum absolute atomic E-state index is 0.198. The van der Waals surface area contributed by atoms with Crippen molar-refractivity contribution in [3.8, 4) is 0 Å². The molecule has 33 heavy (non-hydrogen) atoms. The van der Waals surface area contributed by atoms with Crippen LogP contribution < -0.4 is 0 Å². The molecule has 0 aliphatic heterocycles. The maximum atomic E-state index is 12.4. The molecule has 0 aliphatic rings. The number of pyridine rings is 3. The summed E-state index contributed by atoms with van der Waals surface area (Å²) in [5.74, 6) is -2.09. The van der Waals surface area contributed by atoms with E-state index in [1.54, 1.807) is 18.2 Å². The molecule has 0 saturated carbocycles. The van der Waals surface area contributed by atoms with Gasteiger partial charge in [0, 0.05) is 37.2 Å². The molecule has 10 heteroatoms. The molecule has 3 heterocycles. The van der Waals surface area contributed by atoms with Gasteiger partial charge in [-0.1, -0.05) is 0 Å². The molecule has 0 unspecified atom stereocenters. The van der Waals surface area contributed by atoms with Crippen LogP contribution in [0.5, 0.6) is 0 Å². The molecule has 0 amide bonds. The molecule has 0 atom stereocenters. The van der Waals surface area contributed by atoms with Gasteiger partial charge in [-0.05, 0) is 36.4 Å². The minimum atomic E-state index is -1.41. The van der Waals surface area contributed by atoms with Crippen molar-refractivity contribution >= 4 is 17.9 Å². The molecule has 10 nitrogen and oxygen atoms in total. The molecule has 1 N–H and O–H groups in total. The number of carbonyl (C=O) groups is 3. The fourth-order valence-electron chi connectivity index (χ4n) is 2.62. The van der Waals surface area contributed by atoms with Crippen LogP contribution in [0.4, 0.5) is 0 Å². The van der Waals surface area contributed by atoms with Crippen molar-refractivity contribution in [2.75, 3.05) is 26.4 Å². The normalized spacial score (nSPS) is 10.8. The summed E-state index contributed by atoms with van der Waals surface area (Å²) in [4.78, 5) is 48.6. The van der Waals surface area contributed by atoms with Gasteiger partial charge in [-0.3, -0.25) is 15.0 Å². The van der Waals surface area contributed by atoms with Crippen LogP contribution in [0.3, 0.4) is 0 Å². The van der Waals surface area contributed by atoms with E-state index in [1.165, 1.54) is 55.4 Å². The highest BCUT2D eigenvalue weighted by Gasteiger charge is 2.36. The zero-order valence-corrected chi connectivity index (χ0v) is 17.5. The average Bonchev–Trinajstić information content (AvgIpc) is 2.89. The highest BCUT2D eigenvalue weighted by atomic mass is 16.6. The highest BCUT2D eigenvalue weighted by Crippen LogP contribution is 2.21. The van der Waals surface area contributed by atoms with Crippen molar-refractivity contribution in [3.05, 3.63) is 90.3 Å². The van der Waals surface area contributed by atoms with Crippen molar-refractivity contribution in [1.82, 2.24) is 15.0 Å². The number of nitrogens with zero attached hydrogens (tertiary/aromatic N) is 3. The Hall–Kier alpha value is -4.18. The third kappa shape index (κ3) is 6.65. The minimum Gasteiger partial charge on any atom is -0.461 e. The molecule has 170 valence electrons. The lowest BCUT2D eigenvalue weighted by atomic mass is 9.92. The highest BCUT2D eigenvalue weighted by molar-refractivity contribution is 5.90. The molecule has 0 radical (unpaired) electrons. The number of aliphatic hydroxyl groups is 1. The summed E-state index contributed by atoms with van der Waals surface area (Å²) >= 11 is 0. The largest absolute Gasteiger partial charge is 0.461 e. The Labute approximate surface area is 189 Å². The van der Waals surface area contributed by atoms with E-state index in [4.69, 9.17) is 14.2 Å². The predicted molar refractivity (Wildman–Crippen MR) is 113 cm³/mol. The van der Waals surface area contributed by atoms with Gasteiger partial charge in [0.2, 0.25) is 0 Å². The van der Waals surface area contributed by atoms with Gasteiger partial charge in [0.05, 0.1) is 28.7 Å². The Bertz CT molecular complexity index is 928. The summed E-state index contributed by atoms with van der Waals surface area (Å²) in [6.45, 7) is -1.78. The number of carbonyl (C=O) groups excluding carboxylic acids is 3. The molecule has 0 aliphatic carbocycles. The standard InChI is InChI=1S/C23H21N3O7/c27-13-23(14-31-20(28)17-4-1-7-24-10-17,15-32-21(29)18-5-2-8-25-11-18)16-33-22(30)19-6-3-9-26-12-19/h1-12,27H,13-16H2. The van der Waals surface area contributed by atoms with E-state index < -0.39 is 49.8 Å². The molecular formula is C23H21N3O7. The fraction of sp³-hybridized carbons (Fsp3) is 0.217.